The first kappa shape index (κ1) is 9.32. The van der Waals surface area contributed by atoms with E-state index in [1.807, 2.05) is 0 Å². The summed E-state index contributed by atoms with van der Waals surface area (Å²) >= 11 is 0. The molecule has 0 amide bonds. The number of phosphoric acid groups is 1. The lowest BCUT2D eigenvalue weighted by Crippen LogP contribution is -2.11. The van der Waals surface area contributed by atoms with Crippen molar-refractivity contribution >= 4 is 7.82 Å². The Morgan fingerprint density at radius 2 is 2.20 bits per heavy atom. The molecule has 1 aromatic heterocycles. The summed E-state index contributed by atoms with van der Waals surface area (Å²) in [6.45, 7) is 0. The van der Waals surface area contributed by atoms with Crippen LogP contribution in [0.4, 0.5) is 0 Å². The molecule has 10 heavy (non-hydrogen) atoms. The highest BCUT2D eigenvalue weighted by molar-refractivity contribution is 7.42. The minimum Gasteiger partial charge on any atom is -0.790 e. The van der Waals surface area contributed by atoms with Gasteiger partial charge in [-0.2, -0.15) is 0 Å². The van der Waals surface area contributed by atoms with Gasteiger partial charge in [0.2, 0.25) is 0 Å². The molecule has 1 rings (SSSR count). The fraction of sp³-hybridized carbons (Fsp3) is 0. The van der Waals surface area contributed by atoms with Gasteiger partial charge in [0.25, 0.3) is 0 Å². The van der Waals surface area contributed by atoms with Gasteiger partial charge in [0, 0.05) is 12.4 Å². The van der Waals surface area contributed by atoms with E-state index in [9.17, 15) is 0 Å². The smallest absolute Gasteiger partial charge is 0.790 e. The molecule has 0 fully saturated rings. The van der Waals surface area contributed by atoms with E-state index in [-0.39, 0.29) is 2.85 Å². The summed E-state index contributed by atoms with van der Waals surface area (Å²) < 4.78 is 8.66. The molecule has 0 aliphatic rings. The maximum absolute atomic E-state index is 8.66. The number of H-pyrrole nitrogens is 1. The molecule has 0 aliphatic heterocycles. The summed E-state index contributed by atoms with van der Waals surface area (Å²) in [4.78, 5) is 30.7. The van der Waals surface area contributed by atoms with Crippen molar-refractivity contribution in [3.63, 3.8) is 0 Å². The Hall–Kier alpha value is -0.680. The number of nitrogens with zero attached hydrogens (tertiary/aromatic N) is 1. The third-order valence-corrected chi connectivity index (χ3v) is 0.406. The molecule has 0 unspecified atom stereocenters. The van der Waals surface area contributed by atoms with E-state index in [0.717, 1.165) is 0 Å². The van der Waals surface area contributed by atoms with Crippen LogP contribution in [0.2, 0.25) is 0 Å². The molecule has 0 saturated carbocycles. The molecule has 7 heteroatoms. The maximum Gasteiger partial charge on any atom is 1.00 e. The minimum atomic E-state index is -5.14. The summed E-state index contributed by atoms with van der Waals surface area (Å²) in [6, 6.07) is 0. The molecule has 0 aromatic carbocycles. The van der Waals surface area contributed by atoms with E-state index in [1.54, 1.807) is 18.7 Å². The Bertz CT molecular complexity index is 175. The molecule has 58 valence electrons. The van der Waals surface area contributed by atoms with Gasteiger partial charge in [0.1, 0.15) is 0 Å². The van der Waals surface area contributed by atoms with Gasteiger partial charge in [-0.25, -0.2) is 4.98 Å². The second kappa shape index (κ2) is 4.19. The Balaban J connectivity index is -0.000000116. The van der Waals surface area contributed by atoms with Gasteiger partial charge in [0.15, 0.2) is 0 Å². The SMILES string of the molecule is O=P([O-])([O-])O.[H+].[H+].c1c[nH]cn1. The van der Waals surface area contributed by atoms with E-state index in [0.29, 0.717) is 0 Å². The fourth-order valence-corrected chi connectivity index (χ4v) is 0.215. The molecule has 2 N–H and O–H groups in total. The van der Waals surface area contributed by atoms with Gasteiger partial charge >= 0.3 is 2.85 Å². The normalized spacial score (nSPS) is 9.90. The predicted molar refractivity (Wildman–Crippen MR) is 30.6 cm³/mol. The van der Waals surface area contributed by atoms with Crippen LogP contribution in [0.5, 0.6) is 0 Å². The van der Waals surface area contributed by atoms with Crippen molar-refractivity contribution in [3.05, 3.63) is 18.7 Å². The van der Waals surface area contributed by atoms with E-state index in [4.69, 9.17) is 19.2 Å². The molecule has 6 nitrogen and oxygen atoms in total. The summed E-state index contributed by atoms with van der Waals surface area (Å²) in [5.74, 6) is 0. The van der Waals surface area contributed by atoms with Gasteiger partial charge in [-0.1, -0.05) is 0 Å². The van der Waals surface area contributed by atoms with Crippen LogP contribution < -0.4 is 9.79 Å². The van der Waals surface area contributed by atoms with Crippen molar-refractivity contribution in [2.24, 2.45) is 0 Å². The largest absolute Gasteiger partial charge is 1.00 e. The fourth-order valence-electron chi connectivity index (χ4n) is 0.215. The van der Waals surface area contributed by atoms with Crippen LogP contribution in [0.25, 0.3) is 0 Å². The Labute approximate surface area is 59.8 Å². The van der Waals surface area contributed by atoms with Crippen LogP contribution in [0.15, 0.2) is 18.7 Å². The second-order valence-corrected chi connectivity index (χ2v) is 2.17. The Morgan fingerprint density at radius 1 is 1.70 bits per heavy atom. The molecule has 1 aromatic rings. The van der Waals surface area contributed by atoms with Gasteiger partial charge < -0.3 is 24.2 Å². The van der Waals surface area contributed by atoms with E-state index in [1.165, 1.54) is 0 Å². The molecule has 0 spiro atoms. The quantitative estimate of drug-likeness (QED) is 0.452. The molecule has 1 heterocycles. The van der Waals surface area contributed by atoms with Crippen molar-refractivity contribution in [3.8, 4) is 0 Å². The summed E-state index contributed by atoms with van der Waals surface area (Å²) in [6.07, 6.45) is 5.08. The highest BCUT2D eigenvalue weighted by Gasteiger charge is 1.64. The Morgan fingerprint density at radius 3 is 2.30 bits per heavy atom. The van der Waals surface area contributed by atoms with Crippen molar-refractivity contribution in [2.75, 3.05) is 0 Å². The lowest BCUT2D eigenvalue weighted by Gasteiger charge is -2.19. The van der Waals surface area contributed by atoms with Crippen LogP contribution in [-0.2, 0) is 4.57 Å². The number of aromatic nitrogens is 2. The molecule has 0 bridgehead atoms. The number of imidazole rings is 1. The average Bonchev–Trinajstić information content (AvgIpc) is 2.07. The van der Waals surface area contributed by atoms with Crippen molar-refractivity contribution in [1.82, 2.24) is 9.97 Å². The molecular weight excluding hydrogens is 159 g/mol. The van der Waals surface area contributed by atoms with Gasteiger partial charge in [-0.3, -0.25) is 0 Å². The number of aromatic amines is 1. The first-order valence-electron chi connectivity index (χ1n) is 2.17. The molecule has 0 radical (unpaired) electrons. The van der Waals surface area contributed by atoms with Crippen LogP contribution in [0.3, 0.4) is 0 Å². The zero-order chi connectivity index (χ0) is 8.04. The highest BCUT2D eigenvalue weighted by atomic mass is 31.2. The summed E-state index contributed by atoms with van der Waals surface area (Å²) in [5.41, 5.74) is 0. The zero-order valence-electron chi connectivity index (χ0n) is 6.80. The topological polar surface area (TPSA) is 112 Å². The van der Waals surface area contributed by atoms with Crippen LogP contribution >= 0.6 is 7.82 Å². The molecule has 0 atom stereocenters. The van der Waals surface area contributed by atoms with E-state index < -0.39 is 7.82 Å². The van der Waals surface area contributed by atoms with Crippen molar-refractivity contribution < 1.29 is 22.1 Å². The zero-order valence-corrected chi connectivity index (χ0v) is 5.69. The number of nitrogens with one attached hydrogen (secondary N) is 1. The Kier molecular flexibility index (Phi) is 3.90. The minimum absolute atomic E-state index is 0. The predicted octanol–water partition coefficient (Wildman–Crippen LogP) is -1.56. The maximum atomic E-state index is 8.66. The average molecular weight is 166 g/mol. The first-order chi connectivity index (χ1) is 4.50. The number of hydrogen-bond donors (Lipinski definition) is 2. The third-order valence-electron chi connectivity index (χ3n) is 0.406. The monoisotopic (exact) mass is 166 g/mol. The standard InChI is InChI=1S/C3H4N2.H3O4P/c1-2-5-3-4-1;1-5(2,3)4/h1-3H,(H,4,5);(H3,1,2,3,4). The van der Waals surface area contributed by atoms with Gasteiger partial charge in [0.05, 0.1) is 14.2 Å². The third kappa shape index (κ3) is 15.7. The van der Waals surface area contributed by atoms with Crippen molar-refractivity contribution in [1.29, 1.82) is 0 Å². The molecular formula is C3H7N2O4P. The van der Waals surface area contributed by atoms with Crippen LogP contribution in [0, 0.1) is 0 Å². The van der Waals surface area contributed by atoms with Gasteiger partial charge in [-0.05, 0) is 0 Å². The second-order valence-electron chi connectivity index (χ2n) is 1.23. The molecule has 0 saturated heterocycles. The summed E-state index contributed by atoms with van der Waals surface area (Å²) in [7, 11) is -5.14. The number of rotatable bonds is 0. The first-order valence-corrected chi connectivity index (χ1v) is 3.67. The number of hydrogen-bond acceptors (Lipinski definition) is 4. The van der Waals surface area contributed by atoms with Crippen molar-refractivity contribution in [2.45, 2.75) is 0 Å². The van der Waals surface area contributed by atoms with E-state index >= 15 is 0 Å². The lowest BCUT2D eigenvalue weighted by molar-refractivity contribution is -0.337. The van der Waals surface area contributed by atoms with E-state index in [2.05, 4.69) is 9.97 Å². The summed E-state index contributed by atoms with van der Waals surface area (Å²) in [5, 5.41) is 0. The van der Waals surface area contributed by atoms with Gasteiger partial charge in [-0.15, -0.1) is 0 Å². The van der Waals surface area contributed by atoms with Crippen LogP contribution in [-0.4, -0.2) is 14.9 Å². The highest BCUT2D eigenvalue weighted by Crippen LogP contribution is 2.11. The molecule has 0 aliphatic carbocycles. The van der Waals surface area contributed by atoms with Crippen LogP contribution in [0.1, 0.15) is 2.85 Å². The lowest BCUT2D eigenvalue weighted by atomic mass is 11.0.